The molecule has 118 valence electrons. The van der Waals surface area contributed by atoms with Crippen molar-refractivity contribution < 1.29 is 0 Å². The Kier molecular flexibility index (Phi) is 6.56. The largest absolute Gasteiger partial charge is 0.370 e. The van der Waals surface area contributed by atoms with Crippen LogP contribution in [0.25, 0.3) is 0 Å². The lowest BCUT2D eigenvalue weighted by molar-refractivity contribution is 0.562. The molecule has 4 heteroatoms. The van der Waals surface area contributed by atoms with Crippen molar-refractivity contribution in [3.63, 3.8) is 0 Å². The summed E-state index contributed by atoms with van der Waals surface area (Å²) in [7, 11) is 2.10. The molecule has 0 saturated carbocycles. The van der Waals surface area contributed by atoms with Crippen LogP contribution in [0, 0.1) is 0 Å². The minimum absolute atomic E-state index is 0.347. The smallest absolute Gasteiger partial charge is 0.0612 e. The van der Waals surface area contributed by atoms with Gasteiger partial charge in [0.2, 0.25) is 0 Å². The Hall–Kier alpha value is -1.22. The molecule has 1 N–H and O–H groups in total. The monoisotopic (exact) mass is 336 g/mol. The summed E-state index contributed by atoms with van der Waals surface area (Å²) >= 11 is 12.2. The standard InChI is InChI=1S/C18H22Cl2N2/c1-3-21-13-16(11-14-7-5-4-6-8-14)22(2)15-9-10-17(19)18(20)12-15/h4-10,12,16,21H,3,11,13H2,1-2H3. The molecule has 0 bridgehead atoms. The van der Waals surface area contributed by atoms with Gasteiger partial charge in [0.1, 0.15) is 0 Å². The van der Waals surface area contributed by atoms with Crippen LogP contribution < -0.4 is 10.2 Å². The molecule has 0 amide bonds. The van der Waals surface area contributed by atoms with E-state index in [-0.39, 0.29) is 0 Å². The van der Waals surface area contributed by atoms with E-state index in [4.69, 9.17) is 23.2 Å². The third-order valence-electron chi connectivity index (χ3n) is 3.80. The van der Waals surface area contributed by atoms with Crippen molar-refractivity contribution in [2.45, 2.75) is 19.4 Å². The van der Waals surface area contributed by atoms with Crippen LogP contribution in [-0.2, 0) is 6.42 Å². The third kappa shape index (κ3) is 4.64. The zero-order chi connectivity index (χ0) is 15.9. The second-order valence-electron chi connectivity index (χ2n) is 5.36. The summed E-state index contributed by atoms with van der Waals surface area (Å²) in [5.74, 6) is 0. The molecular weight excluding hydrogens is 315 g/mol. The molecule has 2 nitrogen and oxygen atoms in total. The van der Waals surface area contributed by atoms with Crippen LogP contribution in [-0.4, -0.2) is 26.2 Å². The topological polar surface area (TPSA) is 15.3 Å². The van der Waals surface area contributed by atoms with E-state index in [1.54, 1.807) is 0 Å². The van der Waals surface area contributed by atoms with E-state index in [1.807, 2.05) is 24.3 Å². The molecule has 0 aliphatic rings. The molecule has 0 aliphatic heterocycles. The quantitative estimate of drug-likeness (QED) is 0.791. The molecule has 1 unspecified atom stereocenters. The highest BCUT2D eigenvalue weighted by molar-refractivity contribution is 6.42. The molecule has 0 fully saturated rings. The summed E-state index contributed by atoms with van der Waals surface area (Å²) in [6.45, 7) is 4.00. The van der Waals surface area contributed by atoms with Gasteiger partial charge in [0.05, 0.1) is 10.0 Å². The first kappa shape index (κ1) is 17.1. The summed E-state index contributed by atoms with van der Waals surface area (Å²) in [4.78, 5) is 2.26. The maximum atomic E-state index is 6.15. The molecule has 22 heavy (non-hydrogen) atoms. The van der Waals surface area contributed by atoms with Gasteiger partial charge in [-0.15, -0.1) is 0 Å². The lowest BCUT2D eigenvalue weighted by Gasteiger charge is -2.31. The fraction of sp³-hybridized carbons (Fsp3) is 0.333. The van der Waals surface area contributed by atoms with Crippen molar-refractivity contribution in [1.29, 1.82) is 0 Å². The van der Waals surface area contributed by atoms with Gasteiger partial charge in [0.15, 0.2) is 0 Å². The maximum Gasteiger partial charge on any atom is 0.0612 e. The summed E-state index contributed by atoms with van der Waals surface area (Å²) in [5, 5.41) is 4.62. The van der Waals surface area contributed by atoms with E-state index in [0.29, 0.717) is 16.1 Å². The second-order valence-corrected chi connectivity index (χ2v) is 6.17. The maximum absolute atomic E-state index is 6.15. The van der Waals surface area contributed by atoms with Gasteiger partial charge in [-0.1, -0.05) is 60.5 Å². The minimum atomic E-state index is 0.347. The average Bonchev–Trinajstić information content (AvgIpc) is 2.54. The summed E-state index contributed by atoms with van der Waals surface area (Å²) < 4.78 is 0. The molecule has 0 radical (unpaired) electrons. The van der Waals surface area contributed by atoms with Crippen LogP contribution in [0.3, 0.4) is 0 Å². The number of likely N-dealkylation sites (N-methyl/N-ethyl adjacent to an activating group) is 2. The summed E-state index contributed by atoms with van der Waals surface area (Å²) in [6, 6.07) is 16.7. The Morgan fingerprint density at radius 3 is 2.41 bits per heavy atom. The highest BCUT2D eigenvalue weighted by Gasteiger charge is 2.16. The van der Waals surface area contributed by atoms with E-state index in [0.717, 1.165) is 25.2 Å². The minimum Gasteiger partial charge on any atom is -0.370 e. The van der Waals surface area contributed by atoms with E-state index in [1.165, 1.54) is 5.56 Å². The predicted molar refractivity (Wildman–Crippen MR) is 97.3 cm³/mol. The first-order valence-corrected chi connectivity index (χ1v) is 8.30. The highest BCUT2D eigenvalue weighted by atomic mass is 35.5. The first-order valence-electron chi connectivity index (χ1n) is 7.54. The van der Waals surface area contributed by atoms with E-state index >= 15 is 0 Å². The van der Waals surface area contributed by atoms with Gasteiger partial charge in [-0.25, -0.2) is 0 Å². The van der Waals surface area contributed by atoms with Crippen molar-refractivity contribution in [2.75, 3.05) is 25.0 Å². The molecule has 0 spiro atoms. The summed E-state index contributed by atoms with van der Waals surface area (Å²) in [5.41, 5.74) is 2.41. The zero-order valence-corrected chi connectivity index (χ0v) is 14.5. The van der Waals surface area contributed by atoms with Gasteiger partial charge >= 0.3 is 0 Å². The number of hydrogen-bond donors (Lipinski definition) is 1. The van der Waals surface area contributed by atoms with Crippen LogP contribution in [0.1, 0.15) is 12.5 Å². The zero-order valence-electron chi connectivity index (χ0n) is 13.0. The van der Waals surface area contributed by atoms with Crippen LogP contribution >= 0.6 is 23.2 Å². The number of nitrogens with one attached hydrogen (secondary N) is 1. The van der Waals surface area contributed by atoms with Crippen LogP contribution in [0.5, 0.6) is 0 Å². The highest BCUT2D eigenvalue weighted by Crippen LogP contribution is 2.28. The second kappa shape index (κ2) is 8.42. The van der Waals surface area contributed by atoms with E-state index in [2.05, 4.69) is 48.5 Å². The lowest BCUT2D eigenvalue weighted by Crippen LogP contribution is -2.41. The summed E-state index contributed by atoms with van der Waals surface area (Å²) in [6.07, 6.45) is 0.977. The molecule has 2 aromatic rings. The normalized spacial score (nSPS) is 12.2. The Morgan fingerprint density at radius 1 is 1.05 bits per heavy atom. The fourth-order valence-electron chi connectivity index (χ4n) is 2.46. The molecule has 0 aromatic heterocycles. The molecule has 2 rings (SSSR count). The fourth-order valence-corrected chi connectivity index (χ4v) is 2.75. The van der Waals surface area contributed by atoms with Gasteiger partial charge in [-0.05, 0) is 36.7 Å². The van der Waals surface area contributed by atoms with Crippen molar-refractivity contribution >= 4 is 28.9 Å². The number of hydrogen-bond acceptors (Lipinski definition) is 2. The third-order valence-corrected chi connectivity index (χ3v) is 4.54. The molecule has 0 aliphatic carbocycles. The van der Waals surface area contributed by atoms with E-state index < -0.39 is 0 Å². The van der Waals surface area contributed by atoms with Crippen molar-refractivity contribution in [3.8, 4) is 0 Å². The van der Waals surface area contributed by atoms with Gasteiger partial charge in [0.25, 0.3) is 0 Å². The molecule has 0 heterocycles. The number of halogens is 2. The SMILES string of the molecule is CCNCC(Cc1ccccc1)N(C)c1ccc(Cl)c(Cl)c1. The van der Waals surface area contributed by atoms with E-state index in [9.17, 15) is 0 Å². The Bertz CT molecular complexity index is 587. The Morgan fingerprint density at radius 2 is 1.77 bits per heavy atom. The molecule has 0 saturated heterocycles. The lowest BCUT2D eigenvalue weighted by atomic mass is 10.0. The van der Waals surface area contributed by atoms with Crippen LogP contribution in [0.2, 0.25) is 10.0 Å². The van der Waals surface area contributed by atoms with Gasteiger partial charge in [0, 0.05) is 25.3 Å². The first-order chi connectivity index (χ1) is 10.6. The number of nitrogens with zero attached hydrogens (tertiary/aromatic N) is 1. The van der Waals surface area contributed by atoms with Gasteiger partial charge in [-0.2, -0.15) is 0 Å². The number of anilines is 1. The number of benzene rings is 2. The van der Waals surface area contributed by atoms with Crippen LogP contribution in [0.15, 0.2) is 48.5 Å². The average molecular weight is 337 g/mol. The van der Waals surface area contributed by atoms with Gasteiger partial charge < -0.3 is 10.2 Å². The molecule has 2 aromatic carbocycles. The number of rotatable bonds is 7. The van der Waals surface area contributed by atoms with Crippen molar-refractivity contribution in [2.24, 2.45) is 0 Å². The molecule has 1 atom stereocenters. The van der Waals surface area contributed by atoms with Crippen molar-refractivity contribution in [3.05, 3.63) is 64.1 Å². The molecular formula is C18H22Cl2N2. The Labute approximate surface area is 143 Å². The van der Waals surface area contributed by atoms with Crippen LogP contribution in [0.4, 0.5) is 5.69 Å². The van der Waals surface area contributed by atoms with Crippen molar-refractivity contribution in [1.82, 2.24) is 5.32 Å². The Balaban J connectivity index is 2.17. The van der Waals surface area contributed by atoms with Gasteiger partial charge in [-0.3, -0.25) is 0 Å². The predicted octanol–water partition coefficient (Wildman–Crippen LogP) is 4.65.